The summed E-state index contributed by atoms with van der Waals surface area (Å²) in [6.07, 6.45) is -15.4. The summed E-state index contributed by atoms with van der Waals surface area (Å²) in [6, 6.07) is 34.4. The second-order valence-electron chi connectivity index (χ2n) is 18.5. The van der Waals surface area contributed by atoms with Crippen LogP contribution < -0.4 is 20.3 Å². The predicted molar refractivity (Wildman–Crippen MR) is 275 cm³/mol. The minimum absolute atomic E-state index is 0.0489. The van der Waals surface area contributed by atoms with Crippen LogP contribution in [-0.2, 0) is 44.8 Å². The second kappa shape index (κ2) is 26.4. The van der Waals surface area contributed by atoms with Crippen LogP contribution in [0.4, 0.5) is 32.3 Å². The number of H-pyrrole nitrogens is 1. The van der Waals surface area contributed by atoms with E-state index in [1.807, 2.05) is 106 Å². The molecular formula is C54H60F6N7O10P. The van der Waals surface area contributed by atoms with E-state index in [9.17, 15) is 41.2 Å². The molecule has 6 atom stereocenters. The average molecular weight is 1110 g/mol. The molecule has 7 rings (SSSR count). The molecule has 17 nitrogen and oxygen atoms in total. The van der Waals surface area contributed by atoms with Crippen LogP contribution in [0, 0.1) is 17.2 Å². The van der Waals surface area contributed by atoms with Gasteiger partial charge in [-0.3, -0.25) is 24.5 Å². The zero-order valence-electron chi connectivity index (χ0n) is 43.5. The van der Waals surface area contributed by atoms with Gasteiger partial charge in [-0.05, 0) is 80.6 Å². The van der Waals surface area contributed by atoms with Crippen LogP contribution in [0.3, 0.4) is 0 Å². The van der Waals surface area contributed by atoms with Crippen molar-refractivity contribution in [2.75, 3.05) is 45.6 Å². The Morgan fingerprint density at radius 1 is 0.872 bits per heavy atom. The molecule has 2 N–H and O–H groups in total. The summed E-state index contributed by atoms with van der Waals surface area (Å²) >= 11 is 0. The second-order valence-corrected chi connectivity index (χ2v) is 19.9. The van der Waals surface area contributed by atoms with Crippen LogP contribution in [0.2, 0.25) is 0 Å². The largest absolute Gasteiger partial charge is 0.497 e. The zero-order valence-corrected chi connectivity index (χ0v) is 44.4. The van der Waals surface area contributed by atoms with E-state index in [1.165, 1.54) is 18.0 Å². The van der Waals surface area contributed by atoms with Crippen LogP contribution >= 0.6 is 8.53 Å². The van der Waals surface area contributed by atoms with Crippen molar-refractivity contribution < 1.29 is 68.6 Å². The third-order valence-corrected chi connectivity index (χ3v) is 14.7. The number of hydrogen-bond acceptors (Lipinski definition) is 14. The zero-order chi connectivity index (χ0) is 56.2. The van der Waals surface area contributed by atoms with Crippen LogP contribution in [0.5, 0.6) is 11.5 Å². The van der Waals surface area contributed by atoms with Gasteiger partial charge in [-0.25, -0.2) is 9.65 Å². The Bertz CT molecular complexity index is 2890. The molecule has 1 amide bonds. The lowest BCUT2D eigenvalue weighted by Gasteiger charge is -2.39. The molecule has 3 heterocycles. The fourth-order valence-corrected chi connectivity index (χ4v) is 10.6. The van der Waals surface area contributed by atoms with Crippen LogP contribution in [0.15, 0.2) is 120 Å². The number of aromatic amines is 1. The number of para-hydroxylation sites is 1. The number of hydrogen-bond donors (Lipinski definition) is 2. The number of imidazole rings is 1. The number of carbonyl (C=O) groups excluding carboxylic acids is 1. The van der Waals surface area contributed by atoms with Crippen LogP contribution in [0.25, 0.3) is 11.2 Å². The third-order valence-electron chi connectivity index (χ3n) is 12.6. The number of anilines is 1. The average Bonchev–Trinajstić information content (AvgIpc) is 4.11. The van der Waals surface area contributed by atoms with Gasteiger partial charge in [0.1, 0.15) is 42.2 Å². The summed E-state index contributed by atoms with van der Waals surface area (Å²) in [6.45, 7) is 5.58. The van der Waals surface area contributed by atoms with Crippen LogP contribution in [-0.4, -0.2) is 113 Å². The highest BCUT2D eigenvalue weighted by Crippen LogP contribution is 2.52. The summed E-state index contributed by atoms with van der Waals surface area (Å²) in [7, 11) is -0.677. The normalized spacial score (nSPS) is 18.1. The minimum atomic E-state index is -5.72. The number of nitrogens with zero attached hydrogens (tertiary/aromatic N) is 5. The molecule has 2 aromatic heterocycles. The highest BCUT2D eigenvalue weighted by Gasteiger charge is 2.57. The molecule has 0 radical (unpaired) electrons. The van der Waals surface area contributed by atoms with Gasteiger partial charge in [-0.15, -0.1) is 0 Å². The monoisotopic (exact) mass is 1110 g/mol. The number of methoxy groups -OCH3 is 1. The fourth-order valence-electron chi connectivity index (χ4n) is 8.87. The van der Waals surface area contributed by atoms with Crippen molar-refractivity contribution in [3.05, 3.63) is 148 Å². The van der Waals surface area contributed by atoms with Crippen molar-refractivity contribution in [2.45, 2.75) is 102 Å². The SMILES string of the molecule is CCc1ccc(C(OC[C@H]2O[C@@H](n3cnc4c(=O)[nH]c(NC(=O)COc5ccccc5)nc43)C(OCOCC(C(F)(F)F)C(F)(F)F)C2OP(OCCC#N)N(C(C)C)C(C)C)(c2ccccc2)c2ccc(OC)cc2)cc1. The standard InChI is InChI=1S/C54H60F6N7O10P/c1-7-36-19-21-38(22-20-36)52(37-15-10-8-11-16-37,39-23-25-40(70-6)26-24-39)74-29-42-46(77-78(75-28-14-27-61)67(34(2)3)35(4)5)47(73-33-71-30-43(53(55,56)57)54(58,59)60)50(76-42)66-32-62-45-48(66)64-51(65-49(45)69)63-44(68)31-72-41-17-12-9-13-18-41/h8-13,15-26,32,34-35,42-43,46-47,50H,7,14,28-31,33H2,1-6H3,(H2,63,64,65,68,69)/t42-,46?,47?,50-,52?,78?/m1/s1. The molecule has 0 spiro atoms. The summed E-state index contributed by atoms with van der Waals surface area (Å²) in [5, 5.41) is 12.1. The number of aromatic nitrogens is 4. The molecule has 1 saturated heterocycles. The molecule has 4 unspecified atom stereocenters. The van der Waals surface area contributed by atoms with E-state index in [-0.39, 0.29) is 48.8 Å². The fraction of sp³-hybridized carbons (Fsp3) is 0.426. The lowest BCUT2D eigenvalue weighted by molar-refractivity contribution is -0.299. The van der Waals surface area contributed by atoms with E-state index in [4.69, 9.17) is 37.5 Å². The highest BCUT2D eigenvalue weighted by molar-refractivity contribution is 7.44. The van der Waals surface area contributed by atoms with Crippen molar-refractivity contribution in [1.29, 1.82) is 5.26 Å². The lowest BCUT2D eigenvalue weighted by Crippen LogP contribution is -2.43. The van der Waals surface area contributed by atoms with Gasteiger partial charge in [-0.1, -0.05) is 91.9 Å². The Morgan fingerprint density at radius 3 is 2.08 bits per heavy atom. The third kappa shape index (κ3) is 14.2. The quantitative estimate of drug-likeness (QED) is 0.0171. The Balaban J connectivity index is 1.37. The molecule has 4 aromatic carbocycles. The Labute approximate surface area is 447 Å². The van der Waals surface area contributed by atoms with Crippen molar-refractivity contribution in [3.63, 3.8) is 0 Å². The maximum atomic E-state index is 13.8. The molecule has 418 valence electrons. The molecular weight excluding hydrogens is 1050 g/mol. The Kier molecular flexibility index (Phi) is 20.1. The molecule has 24 heteroatoms. The first-order valence-electron chi connectivity index (χ1n) is 24.9. The van der Waals surface area contributed by atoms with Crippen molar-refractivity contribution in [3.8, 4) is 17.6 Å². The number of ether oxygens (including phenoxy) is 6. The minimum Gasteiger partial charge on any atom is -0.497 e. The first kappa shape index (κ1) is 59.2. The number of fused-ring (bicyclic) bond motifs is 1. The number of benzene rings is 4. The number of alkyl halides is 6. The van der Waals surface area contributed by atoms with E-state index in [1.54, 1.807) is 42.5 Å². The number of rotatable bonds is 26. The molecule has 6 aromatic rings. The van der Waals surface area contributed by atoms with Gasteiger partial charge >= 0.3 is 12.4 Å². The molecule has 78 heavy (non-hydrogen) atoms. The number of carbonyl (C=O) groups is 1. The highest BCUT2D eigenvalue weighted by atomic mass is 31.2. The van der Waals surface area contributed by atoms with E-state index >= 15 is 0 Å². The topological polar surface area (TPSA) is 194 Å². The molecule has 1 aliphatic rings. The lowest BCUT2D eigenvalue weighted by atomic mass is 9.79. The van der Waals surface area contributed by atoms with Crippen molar-refractivity contribution in [2.24, 2.45) is 5.92 Å². The first-order valence-corrected chi connectivity index (χ1v) is 26.0. The molecule has 0 aliphatic carbocycles. The van der Waals surface area contributed by atoms with E-state index in [2.05, 4.69) is 26.3 Å². The number of amides is 1. The first-order chi connectivity index (χ1) is 37.3. The van der Waals surface area contributed by atoms with E-state index in [0.717, 1.165) is 12.0 Å². The van der Waals surface area contributed by atoms with E-state index < -0.39 is 88.4 Å². The van der Waals surface area contributed by atoms with E-state index in [0.29, 0.717) is 28.2 Å². The Morgan fingerprint density at radius 2 is 1.49 bits per heavy atom. The molecule has 1 aliphatic heterocycles. The summed E-state index contributed by atoms with van der Waals surface area (Å²) in [5.41, 5.74) is 0.362. The van der Waals surface area contributed by atoms with Crippen molar-refractivity contribution in [1.82, 2.24) is 24.2 Å². The van der Waals surface area contributed by atoms with Crippen molar-refractivity contribution >= 4 is 31.5 Å². The van der Waals surface area contributed by atoms with Gasteiger partial charge < -0.3 is 37.5 Å². The summed E-state index contributed by atoms with van der Waals surface area (Å²) < 4.78 is 136. The predicted octanol–water partition coefficient (Wildman–Crippen LogP) is 10.4. The van der Waals surface area contributed by atoms with Gasteiger partial charge in [0.25, 0.3) is 20.0 Å². The van der Waals surface area contributed by atoms with Gasteiger partial charge in [0.2, 0.25) is 5.95 Å². The number of nitriles is 1. The maximum absolute atomic E-state index is 13.8. The number of aryl methyl sites for hydroxylation is 1. The van der Waals surface area contributed by atoms with Gasteiger partial charge in [0.15, 0.2) is 29.9 Å². The maximum Gasteiger partial charge on any atom is 0.402 e. The van der Waals surface area contributed by atoms with Gasteiger partial charge in [-0.2, -0.15) is 36.6 Å². The Hall–Kier alpha value is -6.48. The summed E-state index contributed by atoms with van der Waals surface area (Å²) in [5.74, 6) is -3.96. The molecule has 0 bridgehead atoms. The summed E-state index contributed by atoms with van der Waals surface area (Å²) in [4.78, 5) is 38.1. The smallest absolute Gasteiger partial charge is 0.402 e. The van der Waals surface area contributed by atoms with Gasteiger partial charge in [0.05, 0.1) is 45.7 Å². The number of halogens is 6. The molecule has 1 fully saturated rings. The molecule has 0 saturated carbocycles. The van der Waals surface area contributed by atoms with Gasteiger partial charge in [0, 0.05) is 12.1 Å². The van der Waals surface area contributed by atoms with Crippen LogP contribution in [0.1, 0.15) is 69.5 Å². The number of nitrogens with one attached hydrogen (secondary N) is 2.